The molecule has 19 heavy (non-hydrogen) atoms. The summed E-state index contributed by atoms with van der Waals surface area (Å²) in [6.07, 6.45) is 0. The predicted octanol–water partition coefficient (Wildman–Crippen LogP) is 2.82. The van der Waals surface area contributed by atoms with E-state index in [1.54, 1.807) is 12.1 Å². The van der Waals surface area contributed by atoms with Crippen LogP contribution in [0.1, 0.15) is 16.0 Å². The second-order valence-electron chi connectivity index (χ2n) is 3.91. The molecular weight excluding hydrogens is 262 g/mol. The molecule has 0 atom stereocenters. The molecule has 1 aromatic carbocycles. The average Bonchev–Trinajstić information content (AvgIpc) is 2.88. The Hall–Kier alpha value is -2.23. The zero-order chi connectivity index (χ0) is 13.7. The second-order valence-corrected chi connectivity index (χ2v) is 5.06. The summed E-state index contributed by atoms with van der Waals surface area (Å²) in [6, 6.07) is 12.7. The monoisotopic (exact) mass is 273 g/mol. The minimum Gasteiger partial charge on any atom is -0.308 e. The Morgan fingerprint density at radius 1 is 1.32 bits per heavy atom. The van der Waals surface area contributed by atoms with Crippen molar-refractivity contribution >= 4 is 16.3 Å². The van der Waals surface area contributed by atoms with Gasteiger partial charge >= 0.3 is 5.00 Å². The summed E-state index contributed by atoms with van der Waals surface area (Å²) >= 11 is 1.17. The molecule has 0 fully saturated rings. The van der Waals surface area contributed by atoms with Crippen LogP contribution >= 0.6 is 11.3 Å². The lowest BCUT2D eigenvalue weighted by Gasteiger charge is -2.03. The molecule has 0 amide bonds. The normalized spacial score (nSPS) is 10.1. The SMILES string of the molecule is N#Cc1cccc(CNCc2ccc([N+](=O)[O-])s2)c1. The molecule has 0 radical (unpaired) electrons. The van der Waals surface area contributed by atoms with Crippen LogP contribution in [-0.2, 0) is 13.1 Å². The number of nitrogens with one attached hydrogen (secondary N) is 1. The van der Waals surface area contributed by atoms with Crippen LogP contribution in [0, 0.1) is 21.4 Å². The highest BCUT2D eigenvalue weighted by Crippen LogP contribution is 2.23. The molecule has 0 aliphatic heterocycles. The van der Waals surface area contributed by atoms with Crippen LogP contribution in [-0.4, -0.2) is 4.92 Å². The van der Waals surface area contributed by atoms with Gasteiger partial charge in [-0.15, -0.1) is 0 Å². The van der Waals surface area contributed by atoms with Crippen LogP contribution < -0.4 is 5.32 Å². The first-order chi connectivity index (χ1) is 9.19. The Bertz CT molecular complexity index is 631. The van der Waals surface area contributed by atoms with Crippen LogP contribution in [0.2, 0.25) is 0 Å². The molecule has 0 bridgehead atoms. The first-order valence-corrected chi connectivity index (χ1v) is 6.43. The molecule has 2 aromatic rings. The minimum atomic E-state index is -0.384. The molecule has 0 saturated carbocycles. The van der Waals surface area contributed by atoms with Crippen LogP contribution in [0.25, 0.3) is 0 Å². The summed E-state index contributed by atoms with van der Waals surface area (Å²) < 4.78 is 0. The summed E-state index contributed by atoms with van der Waals surface area (Å²) in [5.41, 5.74) is 1.65. The molecular formula is C13H11N3O2S. The lowest BCUT2D eigenvalue weighted by molar-refractivity contribution is -0.380. The van der Waals surface area contributed by atoms with Crippen LogP contribution in [0.15, 0.2) is 36.4 Å². The number of rotatable bonds is 5. The van der Waals surface area contributed by atoms with Gasteiger partial charge in [0, 0.05) is 24.0 Å². The van der Waals surface area contributed by atoms with E-state index < -0.39 is 0 Å². The number of nitro groups is 1. The Labute approximate surface area is 114 Å². The molecule has 1 N–H and O–H groups in total. The molecule has 96 valence electrons. The molecule has 0 saturated heterocycles. The average molecular weight is 273 g/mol. The first kappa shape index (κ1) is 13.2. The van der Waals surface area contributed by atoms with E-state index in [1.165, 1.54) is 17.4 Å². The van der Waals surface area contributed by atoms with Crippen molar-refractivity contribution in [2.75, 3.05) is 0 Å². The zero-order valence-electron chi connectivity index (χ0n) is 10.00. The van der Waals surface area contributed by atoms with E-state index in [4.69, 9.17) is 5.26 Å². The van der Waals surface area contributed by atoms with Gasteiger partial charge in [0.25, 0.3) is 0 Å². The van der Waals surface area contributed by atoms with E-state index in [9.17, 15) is 10.1 Å². The fourth-order valence-corrected chi connectivity index (χ4v) is 2.43. The van der Waals surface area contributed by atoms with Gasteiger partial charge in [-0.05, 0) is 23.8 Å². The standard InChI is InChI=1S/C13H11N3O2S/c14-7-10-2-1-3-11(6-10)8-15-9-12-4-5-13(19-12)16(17)18/h1-6,15H,8-9H2. The van der Waals surface area contributed by atoms with Crippen molar-refractivity contribution in [3.8, 4) is 6.07 Å². The maximum atomic E-state index is 10.5. The van der Waals surface area contributed by atoms with E-state index >= 15 is 0 Å². The van der Waals surface area contributed by atoms with E-state index in [0.717, 1.165) is 10.4 Å². The maximum Gasteiger partial charge on any atom is 0.324 e. The fraction of sp³-hybridized carbons (Fsp3) is 0.154. The molecule has 2 rings (SSSR count). The van der Waals surface area contributed by atoms with E-state index in [2.05, 4.69) is 11.4 Å². The van der Waals surface area contributed by atoms with Crippen LogP contribution in [0.5, 0.6) is 0 Å². The third-order valence-corrected chi connectivity index (χ3v) is 3.55. The van der Waals surface area contributed by atoms with Gasteiger partial charge in [-0.1, -0.05) is 23.5 Å². The lowest BCUT2D eigenvalue weighted by Crippen LogP contribution is -2.11. The Balaban J connectivity index is 1.89. The third kappa shape index (κ3) is 3.61. The first-order valence-electron chi connectivity index (χ1n) is 5.62. The van der Waals surface area contributed by atoms with Crippen molar-refractivity contribution in [2.24, 2.45) is 0 Å². The Morgan fingerprint density at radius 3 is 2.84 bits per heavy atom. The number of nitriles is 1. The largest absolute Gasteiger partial charge is 0.324 e. The molecule has 0 aliphatic carbocycles. The number of benzene rings is 1. The topological polar surface area (TPSA) is 79.0 Å². The van der Waals surface area contributed by atoms with Crippen molar-refractivity contribution in [1.29, 1.82) is 5.26 Å². The van der Waals surface area contributed by atoms with Gasteiger partial charge < -0.3 is 5.32 Å². The predicted molar refractivity (Wildman–Crippen MR) is 72.7 cm³/mol. The second kappa shape index (κ2) is 6.09. The summed E-state index contributed by atoms with van der Waals surface area (Å²) in [5, 5.41) is 22.7. The van der Waals surface area contributed by atoms with Gasteiger partial charge in [0.05, 0.1) is 16.6 Å². The van der Waals surface area contributed by atoms with Gasteiger partial charge in [-0.2, -0.15) is 5.26 Å². The van der Waals surface area contributed by atoms with Gasteiger partial charge in [-0.25, -0.2) is 0 Å². The molecule has 0 unspecified atom stereocenters. The summed E-state index contributed by atoms with van der Waals surface area (Å²) in [7, 11) is 0. The van der Waals surface area contributed by atoms with Crippen LogP contribution in [0.3, 0.4) is 0 Å². The van der Waals surface area contributed by atoms with E-state index in [1.807, 2.05) is 18.2 Å². The van der Waals surface area contributed by atoms with Gasteiger partial charge in [-0.3, -0.25) is 10.1 Å². The highest BCUT2D eigenvalue weighted by Gasteiger charge is 2.08. The summed E-state index contributed by atoms with van der Waals surface area (Å²) in [6.45, 7) is 1.20. The van der Waals surface area contributed by atoms with Crippen molar-refractivity contribution in [3.05, 3.63) is 62.5 Å². The maximum absolute atomic E-state index is 10.5. The number of hydrogen-bond acceptors (Lipinski definition) is 5. The van der Waals surface area contributed by atoms with Gasteiger partial charge in [0.15, 0.2) is 0 Å². The molecule has 1 aromatic heterocycles. The Morgan fingerprint density at radius 2 is 2.16 bits per heavy atom. The van der Waals surface area contributed by atoms with E-state index in [-0.39, 0.29) is 9.92 Å². The molecule has 0 spiro atoms. The number of hydrogen-bond donors (Lipinski definition) is 1. The molecule has 0 aliphatic rings. The molecule has 1 heterocycles. The summed E-state index contributed by atoms with van der Waals surface area (Å²) in [5.74, 6) is 0. The highest BCUT2D eigenvalue weighted by atomic mass is 32.1. The van der Waals surface area contributed by atoms with Crippen molar-refractivity contribution in [3.63, 3.8) is 0 Å². The van der Waals surface area contributed by atoms with Crippen molar-refractivity contribution in [2.45, 2.75) is 13.1 Å². The van der Waals surface area contributed by atoms with Gasteiger partial charge in [0.2, 0.25) is 0 Å². The van der Waals surface area contributed by atoms with Gasteiger partial charge in [0.1, 0.15) is 0 Å². The number of nitrogens with zero attached hydrogens (tertiary/aromatic N) is 2. The Kier molecular flexibility index (Phi) is 4.23. The molecule has 6 heteroatoms. The lowest BCUT2D eigenvalue weighted by atomic mass is 10.1. The fourth-order valence-electron chi connectivity index (χ4n) is 1.64. The smallest absolute Gasteiger partial charge is 0.308 e. The summed E-state index contributed by atoms with van der Waals surface area (Å²) in [4.78, 5) is 11.1. The molecule has 5 nitrogen and oxygen atoms in total. The quantitative estimate of drug-likeness (QED) is 0.671. The number of thiophene rings is 1. The third-order valence-electron chi connectivity index (χ3n) is 2.51. The van der Waals surface area contributed by atoms with Crippen molar-refractivity contribution < 1.29 is 4.92 Å². The van der Waals surface area contributed by atoms with Crippen LogP contribution in [0.4, 0.5) is 5.00 Å². The zero-order valence-corrected chi connectivity index (χ0v) is 10.8. The highest BCUT2D eigenvalue weighted by molar-refractivity contribution is 7.15. The minimum absolute atomic E-state index is 0.156. The van der Waals surface area contributed by atoms with E-state index in [0.29, 0.717) is 18.7 Å². The van der Waals surface area contributed by atoms with Crippen molar-refractivity contribution in [1.82, 2.24) is 5.32 Å².